The molecule has 0 heterocycles. The van der Waals surface area contributed by atoms with Gasteiger partial charge < -0.3 is 4.74 Å². The van der Waals surface area contributed by atoms with Crippen LogP contribution in [0.1, 0.15) is 24.0 Å². The van der Waals surface area contributed by atoms with Gasteiger partial charge in [-0.25, -0.2) is 0 Å². The Morgan fingerprint density at radius 2 is 1.54 bits per heavy atom. The van der Waals surface area contributed by atoms with Crippen LogP contribution in [0.25, 0.3) is 32.7 Å². The van der Waals surface area contributed by atoms with Gasteiger partial charge >= 0.3 is 0 Å². The summed E-state index contributed by atoms with van der Waals surface area (Å²) in [5, 5.41) is 5.44. The third-order valence-corrected chi connectivity index (χ3v) is 5.77. The number of hydrogen-bond acceptors (Lipinski definition) is 1. The van der Waals surface area contributed by atoms with Crippen LogP contribution >= 0.6 is 0 Å². The minimum Gasteiger partial charge on any atom is -0.496 e. The van der Waals surface area contributed by atoms with Crippen molar-refractivity contribution in [3.8, 4) is 16.9 Å². The Balaban J connectivity index is 1.78. The minimum atomic E-state index is 0.921. The number of aryl methyl sites for hydroxylation is 2. The summed E-state index contributed by atoms with van der Waals surface area (Å²) in [5.74, 6) is 0.921. The lowest BCUT2D eigenvalue weighted by atomic mass is 9.86. The summed E-state index contributed by atoms with van der Waals surface area (Å²) in [6, 6.07) is 24.3. The van der Waals surface area contributed by atoms with Crippen molar-refractivity contribution < 1.29 is 4.74 Å². The van der Waals surface area contributed by atoms with Gasteiger partial charge in [-0.1, -0.05) is 54.6 Å². The van der Waals surface area contributed by atoms with E-state index in [0.717, 1.165) is 11.3 Å². The van der Waals surface area contributed by atoms with Gasteiger partial charge in [0.25, 0.3) is 0 Å². The van der Waals surface area contributed by atoms with Crippen LogP contribution in [0.4, 0.5) is 0 Å². The molecule has 4 aromatic carbocycles. The van der Waals surface area contributed by atoms with Crippen LogP contribution in [0.3, 0.4) is 0 Å². The maximum Gasteiger partial charge on any atom is 0.126 e. The van der Waals surface area contributed by atoms with Crippen LogP contribution in [0.5, 0.6) is 5.75 Å². The van der Waals surface area contributed by atoms with Gasteiger partial charge in [-0.05, 0) is 76.1 Å². The van der Waals surface area contributed by atoms with E-state index in [0.29, 0.717) is 0 Å². The molecule has 0 unspecified atom stereocenters. The Kier molecular flexibility index (Phi) is 3.67. The summed E-state index contributed by atoms with van der Waals surface area (Å²) >= 11 is 0. The third-order valence-electron chi connectivity index (χ3n) is 5.77. The van der Waals surface area contributed by atoms with Crippen LogP contribution < -0.4 is 4.74 Å². The standard InChI is InChI=1S/C25H22O/c1-26-25-9-5-4-8-21(25)19-11-10-18-13-14-22-20-7-3-2-6-17(20)12-15-23(22)24(18)16-19/h4-5,8-16H,2-3,6-7H2,1H3. The van der Waals surface area contributed by atoms with E-state index in [4.69, 9.17) is 4.74 Å². The van der Waals surface area contributed by atoms with Gasteiger partial charge in [0.15, 0.2) is 0 Å². The van der Waals surface area contributed by atoms with E-state index in [1.165, 1.54) is 52.8 Å². The predicted molar refractivity (Wildman–Crippen MR) is 110 cm³/mol. The summed E-state index contributed by atoms with van der Waals surface area (Å²) in [7, 11) is 1.74. The van der Waals surface area contributed by atoms with Crippen LogP contribution in [-0.2, 0) is 12.8 Å². The topological polar surface area (TPSA) is 9.23 Å². The third kappa shape index (κ3) is 2.39. The van der Waals surface area contributed by atoms with Crippen LogP contribution in [0, 0.1) is 0 Å². The fraction of sp³-hybridized carbons (Fsp3) is 0.200. The Hall–Kier alpha value is -2.80. The second kappa shape index (κ2) is 6.17. The Morgan fingerprint density at radius 1 is 0.731 bits per heavy atom. The Bertz CT molecular complexity index is 1120. The van der Waals surface area contributed by atoms with Crippen molar-refractivity contribution in [2.24, 2.45) is 0 Å². The molecule has 0 amide bonds. The zero-order valence-corrected chi connectivity index (χ0v) is 15.1. The van der Waals surface area contributed by atoms with Gasteiger partial charge in [-0.15, -0.1) is 0 Å². The van der Waals surface area contributed by atoms with Gasteiger partial charge in [-0.2, -0.15) is 0 Å². The van der Waals surface area contributed by atoms with Gasteiger partial charge in [0, 0.05) is 5.56 Å². The van der Waals surface area contributed by atoms with Crippen molar-refractivity contribution in [3.05, 3.63) is 77.9 Å². The molecule has 1 nitrogen and oxygen atoms in total. The second-order valence-electron chi connectivity index (χ2n) is 7.21. The zero-order chi connectivity index (χ0) is 17.5. The monoisotopic (exact) mass is 338 g/mol. The zero-order valence-electron chi connectivity index (χ0n) is 15.1. The first-order valence-corrected chi connectivity index (χ1v) is 9.46. The molecule has 1 aliphatic rings. The van der Waals surface area contributed by atoms with E-state index < -0.39 is 0 Å². The summed E-state index contributed by atoms with van der Waals surface area (Å²) in [6.45, 7) is 0. The highest BCUT2D eigenvalue weighted by molar-refractivity contribution is 6.10. The number of para-hydroxylation sites is 1. The molecule has 0 aromatic heterocycles. The lowest BCUT2D eigenvalue weighted by Crippen LogP contribution is -2.03. The lowest BCUT2D eigenvalue weighted by Gasteiger charge is -2.19. The molecule has 0 N–H and O–H groups in total. The molecule has 0 radical (unpaired) electrons. The molecule has 0 bridgehead atoms. The van der Waals surface area contributed by atoms with Crippen molar-refractivity contribution in [1.82, 2.24) is 0 Å². The number of ether oxygens (including phenoxy) is 1. The van der Waals surface area contributed by atoms with Gasteiger partial charge in [-0.3, -0.25) is 0 Å². The normalized spacial score (nSPS) is 13.7. The molecule has 1 aliphatic carbocycles. The van der Waals surface area contributed by atoms with E-state index in [2.05, 4.69) is 54.6 Å². The predicted octanol–water partition coefficient (Wildman–Crippen LogP) is 6.55. The van der Waals surface area contributed by atoms with Crippen molar-refractivity contribution in [2.75, 3.05) is 7.11 Å². The van der Waals surface area contributed by atoms with Gasteiger partial charge in [0.2, 0.25) is 0 Å². The number of methoxy groups -OCH3 is 1. The van der Waals surface area contributed by atoms with E-state index in [1.807, 2.05) is 12.1 Å². The molecule has 0 spiro atoms. The highest BCUT2D eigenvalue weighted by Gasteiger charge is 2.14. The van der Waals surface area contributed by atoms with Crippen molar-refractivity contribution >= 4 is 21.5 Å². The van der Waals surface area contributed by atoms with E-state index in [9.17, 15) is 0 Å². The fourth-order valence-corrected chi connectivity index (χ4v) is 4.44. The maximum absolute atomic E-state index is 5.57. The SMILES string of the molecule is COc1ccccc1-c1ccc2ccc3c4c(ccc3c2c1)CCCC4. The molecule has 0 aliphatic heterocycles. The molecule has 0 fully saturated rings. The molecule has 128 valence electrons. The first-order chi connectivity index (χ1) is 12.8. The van der Waals surface area contributed by atoms with Crippen molar-refractivity contribution in [2.45, 2.75) is 25.7 Å². The van der Waals surface area contributed by atoms with Gasteiger partial charge in [0.1, 0.15) is 5.75 Å². The fourth-order valence-electron chi connectivity index (χ4n) is 4.44. The molecular formula is C25H22O. The van der Waals surface area contributed by atoms with E-state index in [-0.39, 0.29) is 0 Å². The van der Waals surface area contributed by atoms with Crippen LogP contribution in [0.2, 0.25) is 0 Å². The number of fused-ring (bicyclic) bond motifs is 5. The summed E-state index contributed by atoms with van der Waals surface area (Å²) in [5.41, 5.74) is 5.47. The molecular weight excluding hydrogens is 316 g/mol. The Labute approximate surface area is 154 Å². The van der Waals surface area contributed by atoms with E-state index >= 15 is 0 Å². The Morgan fingerprint density at radius 3 is 2.46 bits per heavy atom. The molecule has 4 aromatic rings. The lowest BCUT2D eigenvalue weighted by molar-refractivity contribution is 0.416. The van der Waals surface area contributed by atoms with E-state index in [1.54, 1.807) is 18.2 Å². The smallest absolute Gasteiger partial charge is 0.126 e. The number of hydrogen-bond donors (Lipinski definition) is 0. The van der Waals surface area contributed by atoms with Crippen LogP contribution in [-0.4, -0.2) is 7.11 Å². The first-order valence-electron chi connectivity index (χ1n) is 9.46. The molecule has 0 saturated heterocycles. The maximum atomic E-state index is 5.57. The van der Waals surface area contributed by atoms with Gasteiger partial charge in [0.05, 0.1) is 7.11 Å². The quantitative estimate of drug-likeness (QED) is 0.377. The minimum absolute atomic E-state index is 0.921. The van der Waals surface area contributed by atoms with Crippen LogP contribution in [0.15, 0.2) is 66.7 Å². The summed E-state index contributed by atoms with van der Waals surface area (Å²) < 4.78 is 5.57. The average molecular weight is 338 g/mol. The average Bonchev–Trinajstić information content (AvgIpc) is 2.72. The molecule has 0 saturated carbocycles. The first kappa shape index (κ1) is 15.5. The van der Waals surface area contributed by atoms with Crippen molar-refractivity contribution in [3.63, 3.8) is 0 Å². The highest BCUT2D eigenvalue weighted by atomic mass is 16.5. The largest absolute Gasteiger partial charge is 0.496 e. The summed E-state index contributed by atoms with van der Waals surface area (Å²) in [6.07, 6.45) is 5.07. The molecule has 5 rings (SSSR count). The number of benzene rings is 4. The molecule has 1 heteroatoms. The summed E-state index contributed by atoms with van der Waals surface area (Å²) in [4.78, 5) is 0. The van der Waals surface area contributed by atoms with Crippen molar-refractivity contribution in [1.29, 1.82) is 0 Å². The second-order valence-corrected chi connectivity index (χ2v) is 7.21. The molecule has 0 atom stereocenters. The number of rotatable bonds is 2. The molecule has 26 heavy (non-hydrogen) atoms. The highest BCUT2D eigenvalue weighted by Crippen LogP contribution is 2.36.